The lowest BCUT2D eigenvalue weighted by Gasteiger charge is -2.36. The molecule has 1 aliphatic rings. The molecule has 0 bridgehead atoms. The highest BCUT2D eigenvalue weighted by molar-refractivity contribution is 4.83. The van der Waals surface area contributed by atoms with Crippen LogP contribution in [-0.4, -0.2) is 17.7 Å². The second kappa shape index (κ2) is 2.99. The number of hydrogen-bond donors (Lipinski definition) is 0. The van der Waals surface area contributed by atoms with Gasteiger partial charge in [0, 0.05) is 6.04 Å². The summed E-state index contributed by atoms with van der Waals surface area (Å²) in [4.78, 5) is 5.20. The summed E-state index contributed by atoms with van der Waals surface area (Å²) < 4.78 is 0. The molecule has 1 heterocycles. The van der Waals surface area contributed by atoms with E-state index in [0.29, 0.717) is 12.6 Å². The van der Waals surface area contributed by atoms with Gasteiger partial charge in [0.05, 0.1) is 13.2 Å². The van der Waals surface area contributed by atoms with E-state index >= 15 is 0 Å². The van der Waals surface area contributed by atoms with Gasteiger partial charge < -0.3 is 0 Å². The average Bonchev–Trinajstić information content (AvgIpc) is 1.86. The molecule has 0 aromatic carbocycles. The summed E-state index contributed by atoms with van der Waals surface area (Å²) in [5, 5.41) is 1.86. The van der Waals surface area contributed by atoms with Crippen LogP contribution in [0.1, 0.15) is 13.3 Å². The summed E-state index contributed by atoms with van der Waals surface area (Å²) in [6.45, 7) is 8.33. The van der Waals surface area contributed by atoms with E-state index in [1.807, 2.05) is 11.6 Å². The number of hydrogen-bond acceptors (Lipinski definition) is 2. The standard InChI is InChI=1S/C7H12NO/c1-3-6-9-8-5-4-7(8)2/h3,5,7H,1,4,6H2,2H3. The third kappa shape index (κ3) is 1.53. The molecule has 0 amide bonds. The van der Waals surface area contributed by atoms with E-state index in [4.69, 9.17) is 4.84 Å². The normalized spacial score (nSPS) is 27.4. The topological polar surface area (TPSA) is 12.5 Å². The fraction of sp³-hybridized carbons (Fsp3) is 0.571. The number of rotatable bonds is 3. The van der Waals surface area contributed by atoms with Crippen LogP contribution in [0.4, 0.5) is 0 Å². The van der Waals surface area contributed by atoms with E-state index in [1.54, 1.807) is 6.08 Å². The molecule has 1 fully saturated rings. The average molecular weight is 126 g/mol. The van der Waals surface area contributed by atoms with Crippen LogP contribution in [0.3, 0.4) is 0 Å². The Bertz CT molecular complexity index is 103. The molecule has 1 atom stereocenters. The molecule has 1 unspecified atom stereocenters. The van der Waals surface area contributed by atoms with E-state index < -0.39 is 0 Å². The summed E-state index contributed by atoms with van der Waals surface area (Å²) in [5.74, 6) is 0. The number of hydroxylamine groups is 2. The summed E-state index contributed by atoms with van der Waals surface area (Å²) in [6.07, 6.45) is 2.88. The first-order valence-corrected chi connectivity index (χ1v) is 3.20. The van der Waals surface area contributed by atoms with Crippen molar-refractivity contribution in [3.63, 3.8) is 0 Å². The van der Waals surface area contributed by atoms with E-state index in [-0.39, 0.29) is 0 Å². The van der Waals surface area contributed by atoms with Gasteiger partial charge in [0.25, 0.3) is 0 Å². The van der Waals surface area contributed by atoms with Crippen molar-refractivity contribution in [2.24, 2.45) is 0 Å². The van der Waals surface area contributed by atoms with Crippen LogP contribution < -0.4 is 0 Å². The third-order valence-electron chi connectivity index (χ3n) is 1.40. The molecule has 51 valence electrons. The summed E-state index contributed by atoms with van der Waals surface area (Å²) in [6, 6.07) is 0.560. The minimum absolute atomic E-state index is 0.560. The van der Waals surface area contributed by atoms with Crippen LogP contribution >= 0.6 is 0 Å². The molecule has 2 nitrogen and oxygen atoms in total. The molecule has 9 heavy (non-hydrogen) atoms. The lowest BCUT2D eigenvalue weighted by molar-refractivity contribution is -0.189. The van der Waals surface area contributed by atoms with Gasteiger partial charge in [-0.1, -0.05) is 6.08 Å². The zero-order chi connectivity index (χ0) is 6.69. The molecule has 0 N–H and O–H groups in total. The molecule has 2 heteroatoms. The Labute approximate surface area is 56.1 Å². The second-order valence-electron chi connectivity index (χ2n) is 2.21. The smallest absolute Gasteiger partial charge is 0.0864 e. The molecule has 0 spiro atoms. The van der Waals surface area contributed by atoms with Crippen LogP contribution in [0.15, 0.2) is 12.7 Å². The second-order valence-corrected chi connectivity index (χ2v) is 2.21. The van der Waals surface area contributed by atoms with Gasteiger partial charge in [0.15, 0.2) is 0 Å². The zero-order valence-electron chi connectivity index (χ0n) is 5.71. The van der Waals surface area contributed by atoms with Gasteiger partial charge in [-0.05, 0) is 13.3 Å². The first-order chi connectivity index (χ1) is 4.34. The van der Waals surface area contributed by atoms with Gasteiger partial charge in [-0.2, -0.15) is 5.06 Å². The first-order valence-electron chi connectivity index (χ1n) is 3.20. The Kier molecular flexibility index (Phi) is 2.25. The van der Waals surface area contributed by atoms with Crippen molar-refractivity contribution in [1.82, 2.24) is 5.06 Å². The molecular weight excluding hydrogens is 114 g/mol. The molecular formula is C7H12NO. The predicted octanol–water partition coefficient (Wildman–Crippen LogP) is 1.36. The van der Waals surface area contributed by atoms with E-state index in [2.05, 4.69) is 13.5 Å². The molecule has 1 aliphatic heterocycles. The highest BCUT2D eigenvalue weighted by Crippen LogP contribution is 2.20. The van der Waals surface area contributed by atoms with Gasteiger partial charge in [-0.15, -0.1) is 6.58 Å². The SMILES string of the molecule is C=CCON1[CH]CC1C. The fourth-order valence-corrected chi connectivity index (χ4v) is 0.721. The lowest BCUT2D eigenvalue weighted by atomic mass is 10.1. The largest absolute Gasteiger partial charge is 0.294 e. The molecule has 0 aromatic rings. The van der Waals surface area contributed by atoms with Gasteiger partial charge in [-0.3, -0.25) is 4.84 Å². The van der Waals surface area contributed by atoms with Crippen molar-refractivity contribution in [2.75, 3.05) is 6.61 Å². The van der Waals surface area contributed by atoms with E-state index in [1.165, 1.54) is 0 Å². The van der Waals surface area contributed by atoms with E-state index in [0.717, 1.165) is 6.42 Å². The van der Waals surface area contributed by atoms with Crippen molar-refractivity contribution in [1.29, 1.82) is 0 Å². The fourth-order valence-electron chi connectivity index (χ4n) is 0.721. The lowest BCUT2D eigenvalue weighted by Crippen LogP contribution is -2.41. The van der Waals surface area contributed by atoms with E-state index in [9.17, 15) is 0 Å². The van der Waals surface area contributed by atoms with Crippen molar-refractivity contribution < 1.29 is 4.84 Å². The predicted molar refractivity (Wildman–Crippen MR) is 36.4 cm³/mol. The first kappa shape index (κ1) is 6.78. The van der Waals surface area contributed by atoms with Crippen LogP contribution in [-0.2, 0) is 4.84 Å². The third-order valence-corrected chi connectivity index (χ3v) is 1.40. The quantitative estimate of drug-likeness (QED) is 0.529. The van der Waals surface area contributed by atoms with Crippen LogP contribution in [0.5, 0.6) is 0 Å². The summed E-state index contributed by atoms with van der Waals surface area (Å²) in [5.41, 5.74) is 0. The molecule has 0 saturated carbocycles. The minimum Gasteiger partial charge on any atom is -0.294 e. The molecule has 0 aliphatic carbocycles. The van der Waals surface area contributed by atoms with Crippen molar-refractivity contribution in [3.8, 4) is 0 Å². The molecule has 1 rings (SSSR count). The van der Waals surface area contributed by atoms with Crippen LogP contribution in [0, 0.1) is 6.54 Å². The summed E-state index contributed by atoms with van der Waals surface area (Å²) >= 11 is 0. The van der Waals surface area contributed by atoms with Crippen LogP contribution in [0.25, 0.3) is 0 Å². The Balaban J connectivity index is 2.06. The maximum Gasteiger partial charge on any atom is 0.0864 e. The highest BCUT2D eigenvalue weighted by Gasteiger charge is 2.24. The zero-order valence-corrected chi connectivity index (χ0v) is 5.71. The molecule has 0 aromatic heterocycles. The Morgan fingerprint density at radius 2 is 2.78 bits per heavy atom. The number of nitrogens with zero attached hydrogens (tertiary/aromatic N) is 1. The monoisotopic (exact) mass is 126 g/mol. The van der Waals surface area contributed by atoms with Crippen molar-refractivity contribution >= 4 is 0 Å². The Morgan fingerprint density at radius 3 is 3.11 bits per heavy atom. The van der Waals surface area contributed by atoms with Crippen molar-refractivity contribution in [2.45, 2.75) is 19.4 Å². The Morgan fingerprint density at radius 1 is 2.00 bits per heavy atom. The highest BCUT2D eigenvalue weighted by atomic mass is 16.7. The van der Waals surface area contributed by atoms with Gasteiger partial charge >= 0.3 is 0 Å². The molecule has 1 saturated heterocycles. The van der Waals surface area contributed by atoms with Crippen molar-refractivity contribution in [3.05, 3.63) is 19.2 Å². The Hall–Kier alpha value is -0.340. The minimum atomic E-state index is 0.560. The summed E-state index contributed by atoms with van der Waals surface area (Å²) in [7, 11) is 0. The maximum atomic E-state index is 5.20. The van der Waals surface area contributed by atoms with Gasteiger partial charge in [-0.25, -0.2) is 0 Å². The van der Waals surface area contributed by atoms with Crippen LogP contribution in [0.2, 0.25) is 0 Å². The maximum absolute atomic E-state index is 5.20. The van der Waals surface area contributed by atoms with Gasteiger partial charge in [0.1, 0.15) is 0 Å². The molecule has 1 radical (unpaired) electrons. The van der Waals surface area contributed by atoms with Gasteiger partial charge in [0.2, 0.25) is 0 Å².